The molecule has 1 saturated heterocycles. The van der Waals surface area contributed by atoms with E-state index in [2.05, 4.69) is 18.9 Å². The van der Waals surface area contributed by atoms with Crippen molar-refractivity contribution in [1.29, 1.82) is 0 Å². The van der Waals surface area contributed by atoms with Gasteiger partial charge >= 0.3 is 0 Å². The van der Waals surface area contributed by atoms with Crippen LogP contribution < -0.4 is 0 Å². The predicted octanol–water partition coefficient (Wildman–Crippen LogP) is 2.08. The fourth-order valence-corrected chi connectivity index (χ4v) is 3.87. The molecule has 3 rings (SSSR count). The molecule has 4 heteroatoms. The number of aliphatic hydroxyl groups excluding tert-OH is 1. The molecule has 0 spiro atoms. The Morgan fingerprint density at radius 1 is 1.42 bits per heavy atom. The van der Waals surface area contributed by atoms with Gasteiger partial charge in [-0.3, -0.25) is 0 Å². The van der Waals surface area contributed by atoms with Gasteiger partial charge in [0.2, 0.25) is 0 Å². The Bertz CT molecular complexity index is 479. The van der Waals surface area contributed by atoms with E-state index in [-0.39, 0.29) is 30.0 Å². The van der Waals surface area contributed by atoms with Gasteiger partial charge < -0.3 is 15.1 Å². The van der Waals surface area contributed by atoms with E-state index in [1.807, 2.05) is 12.1 Å². The summed E-state index contributed by atoms with van der Waals surface area (Å²) in [5.74, 6) is 0.311. The number of rotatable bonds is 1. The Morgan fingerprint density at radius 3 is 2.84 bits per heavy atom. The molecular formula is C15H22ClNO2. The van der Waals surface area contributed by atoms with Crippen molar-refractivity contribution in [3.63, 3.8) is 0 Å². The van der Waals surface area contributed by atoms with Gasteiger partial charge in [-0.05, 0) is 56.1 Å². The highest BCUT2D eigenvalue weighted by molar-refractivity contribution is 5.85. The molecule has 19 heavy (non-hydrogen) atoms. The number of phenols is 1. The van der Waals surface area contributed by atoms with Crippen LogP contribution in [-0.2, 0) is 11.8 Å². The monoisotopic (exact) mass is 283 g/mol. The average molecular weight is 284 g/mol. The molecule has 106 valence electrons. The lowest BCUT2D eigenvalue weighted by Crippen LogP contribution is -2.62. The van der Waals surface area contributed by atoms with Crippen LogP contribution >= 0.6 is 12.4 Å². The summed E-state index contributed by atoms with van der Waals surface area (Å²) >= 11 is 0. The van der Waals surface area contributed by atoms with Gasteiger partial charge in [-0.25, -0.2) is 0 Å². The minimum atomic E-state index is -0.324. The minimum Gasteiger partial charge on any atom is -0.508 e. The van der Waals surface area contributed by atoms with Gasteiger partial charge in [0.1, 0.15) is 5.75 Å². The molecule has 0 amide bonds. The Kier molecular flexibility index (Phi) is 3.83. The summed E-state index contributed by atoms with van der Waals surface area (Å²) in [6.45, 7) is 3.16. The number of likely N-dealkylation sites (N-methyl/N-ethyl adjacent to an activating group) is 1. The highest BCUT2D eigenvalue weighted by Gasteiger charge is 2.50. The van der Waals surface area contributed by atoms with Gasteiger partial charge in [0.25, 0.3) is 0 Å². The first-order valence-corrected chi connectivity index (χ1v) is 6.79. The van der Waals surface area contributed by atoms with E-state index in [4.69, 9.17) is 0 Å². The van der Waals surface area contributed by atoms with E-state index in [0.717, 1.165) is 25.8 Å². The quantitative estimate of drug-likeness (QED) is 0.829. The molecule has 3 nitrogen and oxygen atoms in total. The third-order valence-electron chi connectivity index (χ3n) is 5.10. The average Bonchev–Trinajstić information content (AvgIpc) is 2.36. The smallest absolute Gasteiger partial charge is 0.115 e. The van der Waals surface area contributed by atoms with Crippen LogP contribution in [0.1, 0.15) is 30.9 Å². The second-order valence-corrected chi connectivity index (χ2v) is 5.80. The first kappa shape index (κ1) is 14.6. The number of fused-ring (bicyclic) bond motifs is 4. The fraction of sp³-hybridized carbons (Fsp3) is 0.600. The Hall–Kier alpha value is -0.770. The number of nitrogens with zero attached hydrogens (tertiary/aromatic N) is 1. The third kappa shape index (κ3) is 1.95. The fourth-order valence-electron chi connectivity index (χ4n) is 3.87. The molecule has 1 aromatic rings. The van der Waals surface area contributed by atoms with Gasteiger partial charge in [-0.1, -0.05) is 13.0 Å². The van der Waals surface area contributed by atoms with Crippen molar-refractivity contribution in [3.8, 4) is 5.75 Å². The van der Waals surface area contributed by atoms with Gasteiger partial charge in [0.05, 0.1) is 6.10 Å². The molecule has 0 aromatic heterocycles. The molecular weight excluding hydrogens is 262 g/mol. The minimum absolute atomic E-state index is 0. The molecule has 1 aromatic carbocycles. The van der Waals surface area contributed by atoms with E-state index < -0.39 is 0 Å². The van der Waals surface area contributed by atoms with Crippen molar-refractivity contribution in [1.82, 2.24) is 4.90 Å². The lowest BCUT2D eigenvalue weighted by Gasteiger charge is -2.53. The van der Waals surface area contributed by atoms with Crippen LogP contribution in [0.15, 0.2) is 18.2 Å². The largest absolute Gasteiger partial charge is 0.508 e. The molecule has 1 aliphatic carbocycles. The summed E-state index contributed by atoms with van der Waals surface area (Å²) in [7, 11) is 2.10. The molecule has 1 aliphatic heterocycles. The topological polar surface area (TPSA) is 43.7 Å². The van der Waals surface area contributed by atoms with Crippen LogP contribution in [0.25, 0.3) is 0 Å². The number of aromatic hydroxyl groups is 1. The highest BCUT2D eigenvalue weighted by atomic mass is 35.5. The zero-order valence-corrected chi connectivity index (χ0v) is 12.3. The Labute approximate surface area is 120 Å². The second-order valence-electron chi connectivity index (χ2n) is 5.80. The highest BCUT2D eigenvalue weighted by Crippen LogP contribution is 2.47. The standard InChI is InChI=1S/C15H21NO2.ClH/c1-3-15-6-7-16(2)13(14(15)18)8-10-4-5-11(17)9-12(10)15;/h4-5,9,13-14,17-18H,3,6-8H2,1-2H3;1H/t13-,14+,15-;/m0./s1. The number of phenolic OH excluding ortho intramolecular Hbond substituents is 1. The van der Waals surface area contributed by atoms with Crippen molar-refractivity contribution in [2.45, 2.75) is 43.7 Å². The molecule has 3 atom stereocenters. The van der Waals surface area contributed by atoms with E-state index >= 15 is 0 Å². The zero-order valence-electron chi connectivity index (χ0n) is 11.5. The lowest BCUT2D eigenvalue weighted by molar-refractivity contribution is -0.0496. The lowest BCUT2D eigenvalue weighted by atomic mass is 9.60. The van der Waals surface area contributed by atoms with Gasteiger partial charge in [0, 0.05) is 11.5 Å². The molecule has 1 heterocycles. The molecule has 0 unspecified atom stereocenters. The maximum atomic E-state index is 10.7. The van der Waals surface area contributed by atoms with Gasteiger partial charge in [-0.15, -0.1) is 12.4 Å². The number of piperidine rings is 1. The van der Waals surface area contributed by atoms with Crippen LogP contribution in [0.5, 0.6) is 5.75 Å². The number of hydrogen-bond acceptors (Lipinski definition) is 3. The number of aliphatic hydroxyl groups is 1. The van der Waals surface area contributed by atoms with Crippen molar-refractivity contribution >= 4 is 12.4 Å². The predicted molar refractivity (Wildman–Crippen MR) is 78.1 cm³/mol. The molecule has 2 N–H and O–H groups in total. The summed E-state index contributed by atoms with van der Waals surface area (Å²) in [5, 5.41) is 20.5. The zero-order chi connectivity index (χ0) is 12.9. The van der Waals surface area contributed by atoms with Crippen LogP contribution in [0.4, 0.5) is 0 Å². The maximum absolute atomic E-state index is 10.7. The van der Waals surface area contributed by atoms with Crippen LogP contribution in [0, 0.1) is 0 Å². The summed E-state index contributed by atoms with van der Waals surface area (Å²) in [6.07, 6.45) is 2.45. The normalized spacial score (nSPS) is 33.4. The van der Waals surface area contributed by atoms with Crippen molar-refractivity contribution in [2.24, 2.45) is 0 Å². The van der Waals surface area contributed by atoms with Crippen molar-refractivity contribution in [2.75, 3.05) is 13.6 Å². The molecule has 0 radical (unpaired) electrons. The summed E-state index contributed by atoms with van der Waals surface area (Å²) < 4.78 is 0. The first-order chi connectivity index (χ1) is 8.58. The van der Waals surface area contributed by atoms with Crippen molar-refractivity contribution < 1.29 is 10.2 Å². The first-order valence-electron chi connectivity index (χ1n) is 6.79. The van der Waals surface area contributed by atoms with E-state index in [9.17, 15) is 10.2 Å². The molecule has 1 fully saturated rings. The Balaban J connectivity index is 0.00000133. The molecule has 2 aliphatic rings. The van der Waals surface area contributed by atoms with Crippen LogP contribution in [-0.4, -0.2) is 40.9 Å². The molecule has 2 bridgehead atoms. The van der Waals surface area contributed by atoms with E-state index in [1.165, 1.54) is 11.1 Å². The number of benzene rings is 1. The van der Waals surface area contributed by atoms with E-state index in [0.29, 0.717) is 5.75 Å². The van der Waals surface area contributed by atoms with E-state index in [1.54, 1.807) is 6.07 Å². The third-order valence-corrected chi connectivity index (χ3v) is 5.10. The Morgan fingerprint density at radius 2 is 2.16 bits per heavy atom. The number of likely N-dealkylation sites (tertiary alicyclic amines) is 1. The molecule has 0 saturated carbocycles. The van der Waals surface area contributed by atoms with Crippen LogP contribution in [0.2, 0.25) is 0 Å². The van der Waals surface area contributed by atoms with Gasteiger partial charge in [-0.2, -0.15) is 0 Å². The number of hydrogen-bond donors (Lipinski definition) is 2. The SMILES string of the molecule is CC[C@]12CCN(C)[C@@H](Cc3ccc(O)cc31)[C@H]2O.Cl. The number of halogens is 1. The van der Waals surface area contributed by atoms with Gasteiger partial charge in [0.15, 0.2) is 0 Å². The second kappa shape index (κ2) is 4.97. The maximum Gasteiger partial charge on any atom is 0.115 e. The van der Waals surface area contributed by atoms with Crippen molar-refractivity contribution in [3.05, 3.63) is 29.3 Å². The van der Waals surface area contributed by atoms with Crippen LogP contribution in [0.3, 0.4) is 0 Å². The summed E-state index contributed by atoms with van der Waals surface area (Å²) in [6, 6.07) is 5.86. The summed E-state index contributed by atoms with van der Waals surface area (Å²) in [4.78, 5) is 2.27. The summed E-state index contributed by atoms with van der Waals surface area (Å²) in [5.41, 5.74) is 2.29.